The van der Waals surface area contributed by atoms with Gasteiger partial charge in [0.2, 0.25) is 5.91 Å². The number of hydrogen-bond acceptors (Lipinski definition) is 4. The molecule has 13 heavy (non-hydrogen) atoms. The lowest BCUT2D eigenvalue weighted by atomic mass is 10.6. The highest BCUT2D eigenvalue weighted by Gasteiger charge is 2.23. The van der Waals surface area contributed by atoms with E-state index in [9.17, 15) is 4.79 Å². The molecule has 2 rings (SSSR count). The molecule has 2 N–H and O–H groups in total. The van der Waals surface area contributed by atoms with Gasteiger partial charge in [-0.25, -0.2) is 4.98 Å². The molecule has 0 bridgehead atoms. The fraction of sp³-hybridized carbons (Fsp3) is 0.571. The average Bonchev–Trinajstić information content (AvgIpc) is 2.78. The number of carbonyl (C=O) groups is 1. The standard InChI is InChI=1S/C7H10N4OS/c12-6(10-5-1-2-5)3-13-7-8-4-9-11-7/h4-5H,1-3H2,(H,10,12)(H,8,9,11). The fourth-order valence-corrected chi connectivity index (χ4v) is 1.48. The molecule has 0 aliphatic heterocycles. The number of rotatable bonds is 4. The highest BCUT2D eigenvalue weighted by molar-refractivity contribution is 7.99. The Morgan fingerprint density at radius 3 is 3.23 bits per heavy atom. The smallest absolute Gasteiger partial charge is 0.230 e. The molecule has 0 unspecified atom stereocenters. The van der Waals surface area contributed by atoms with E-state index in [0.29, 0.717) is 17.0 Å². The molecule has 1 saturated carbocycles. The lowest BCUT2D eigenvalue weighted by Gasteiger charge is -1.99. The number of aromatic nitrogens is 3. The van der Waals surface area contributed by atoms with E-state index in [1.165, 1.54) is 18.1 Å². The molecule has 0 atom stereocenters. The molecule has 6 heteroatoms. The quantitative estimate of drug-likeness (QED) is 0.677. The van der Waals surface area contributed by atoms with Crippen molar-refractivity contribution in [3.8, 4) is 0 Å². The molecule has 0 aromatic carbocycles. The van der Waals surface area contributed by atoms with Crippen LogP contribution in [0.25, 0.3) is 0 Å². The van der Waals surface area contributed by atoms with Gasteiger partial charge in [-0.05, 0) is 12.8 Å². The van der Waals surface area contributed by atoms with Gasteiger partial charge < -0.3 is 5.32 Å². The summed E-state index contributed by atoms with van der Waals surface area (Å²) in [7, 11) is 0. The predicted octanol–water partition coefficient (Wildman–Crippen LogP) is 0.175. The molecule has 1 aliphatic rings. The van der Waals surface area contributed by atoms with Gasteiger partial charge >= 0.3 is 0 Å². The second-order valence-electron chi connectivity index (χ2n) is 2.92. The van der Waals surface area contributed by atoms with Crippen molar-refractivity contribution in [3.63, 3.8) is 0 Å². The van der Waals surface area contributed by atoms with Crippen molar-refractivity contribution >= 4 is 17.7 Å². The zero-order valence-electron chi connectivity index (χ0n) is 6.99. The van der Waals surface area contributed by atoms with E-state index < -0.39 is 0 Å². The summed E-state index contributed by atoms with van der Waals surface area (Å²) in [6.07, 6.45) is 3.68. The number of nitrogens with one attached hydrogen (secondary N) is 2. The van der Waals surface area contributed by atoms with Crippen LogP contribution in [-0.4, -0.2) is 32.9 Å². The summed E-state index contributed by atoms with van der Waals surface area (Å²) in [6.45, 7) is 0. The van der Waals surface area contributed by atoms with Crippen LogP contribution in [0.15, 0.2) is 11.5 Å². The first-order valence-corrected chi connectivity index (χ1v) is 5.10. The van der Waals surface area contributed by atoms with Gasteiger partial charge in [0.1, 0.15) is 6.33 Å². The Kier molecular flexibility index (Phi) is 2.49. The largest absolute Gasteiger partial charge is 0.353 e. The van der Waals surface area contributed by atoms with E-state index in [2.05, 4.69) is 20.5 Å². The zero-order chi connectivity index (χ0) is 9.10. The Bertz CT molecular complexity index is 283. The summed E-state index contributed by atoms with van der Waals surface area (Å²) in [5.74, 6) is 0.481. The number of thioether (sulfide) groups is 1. The fourth-order valence-electron chi connectivity index (χ4n) is 0.895. The number of aromatic amines is 1. The second-order valence-corrected chi connectivity index (χ2v) is 3.89. The normalized spacial score (nSPS) is 15.7. The van der Waals surface area contributed by atoms with E-state index in [4.69, 9.17) is 0 Å². The zero-order valence-corrected chi connectivity index (χ0v) is 7.80. The Hall–Kier alpha value is -1.04. The van der Waals surface area contributed by atoms with Crippen LogP contribution < -0.4 is 5.32 Å². The van der Waals surface area contributed by atoms with Gasteiger partial charge in [0.15, 0.2) is 5.16 Å². The summed E-state index contributed by atoms with van der Waals surface area (Å²) < 4.78 is 0. The van der Waals surface area contributed by atoms with Crippen LogP contribution in [0.4, 0.5) is 0 Å². The summed E-state index contributed by atoms with van der Waals surface area (Å²) in [5, 5.41) is 9.95. The van der Waals surface area contributed by atoms with Gasteiger partial charge in [0.25, 0.3) is 0 Å². The Labute approximate surface area is 79.7 Å². The summed E-state index contributed by atoms with van der Waals surface area (Å²) in [5.41, 5.74) is 0. The first kappa shape index (κ1) is 8.55. The van der Waals surface area contributed by atoms with Crippen molar-refractivity contribution in [2.24, 2.45) is 0 Å². The number of amides is 1. The molecule has 1 aliphatic carbocycles. The molecule has 1 heterocycles. The molecular weight excluding hydrogens is 188 g/mol. The number of H-pyrrole nitrogens is 1. The summed E-state index contributed by atoms with van der Waals surface area (Å²) >= 11 is 1.36. The SMILES string of the molecule is O=C(CSc1ncn[nH]1)NC1CC1. The average molecular weight is 198 g/mol. The van der Waals surface area contributed by atoms with Gasteiger partial charge in [-0.3, -0.25) is 9.89 Å². The van der Waals surface area contributed by atoms with E-state index in [1.807, 2.05) is 0 Å². The minimum absolute atomic E-state index is 0.0731. The lowest BCUT2D eigenvalue weighted by molar-refractivity contribution is -0.118. The van der Waals surface area contributed by atoms with Gasteiger partial charge in [-0.2, -0.15) is 5.10 Å². The van der Waals surface area contributed by atoms with Crippen LogP contribution in [0, 0.1) is 0 Å². The molecule has 0 saturated heterocycles. The minimum atomic E-state index is 0.0731. The number of nitrogens with zero attached hydrogens (tertiary/aromatic N) is 2. The van der Waals surface area contributed by atoms with Gasteiger partial charge in [-0.15, -0.1) is 0 Å². The predicted molar refractivity (Wildman–Crippen MR) is 48.3 cm³/mol. The highest BCUT2D eigenvalue weighted by Crippen LogP contribution is 2.19. The summed E-state index contributed by atoms with van der Waals surface area (Å²) in [6, 6.07) is 0.433. The van der Waals surface area contributed by atoms with Crippen molar-refractivity contribution < 1.29 is 4.79 Å². The molecular formula is C7H10N4OS. The number of hydrogen-bond donors (Lipinski definition) is 2. The Morgan fingerprint density at radius 2 is 2.62 bits per heavy atom. The van der Waals surface area contributed by atoms with Crippen molar-refractivity contribution in [3.05, 3.63) is 6.33 Å². The van der Waals surface area contributed by atoms with Crippen molar-refractivity contribution in [2.75, 3.05) is 5.75 Å². The Morgan fingerprint density at radius 1 is 1.77 bits per heavy atom. The third kappa shape index (κ3) is 2.73. The van der Waals surface area contributed by atoms with Crippen LogP contribution >= 0.6 is 11.8 Å². The topological polar surface area (TPSA) is 70.7 Å². The molecule has 1 aromatic rings. The molecule has 5 nitrogen and oxygen atoms in total. The van der Waals surface area contributed by atoms with Gasteiger partial charge in [-0.1, -0.05) is 11.8 Å². The second kappa shape index (κ2) is 3.78. The lowest BCUT2D eigenvalue weighted by Crippen LogP contribution is -2.27. The first-order valence-electron chi connectivity index (χ1n) is 4.12. The van der Waals surface area contributed by atoms with Gasteiger partial charge in [0.05, 0.1) is 5.75 Å². The number of carbonyl (C=O) groups excluding carboxylic acids is 1. The maximum Gasteiger partial charge on any atom is 0.230 e. The van der Waals surface area contributed by atoms with Crippen molar-refractivity contribution in [1.82, 2.24) is 20.5 Å². The first-order chi connectivity index (χ1) is 6.34. The molecule has 0 spiro atoms. The Balaban J connectivity index is 1.69. The van der Waals surface area contributed by atoms with Crippen molar-refractivity contribution in [1.29, 1.82) is 0 Å². The maximum absolute atomic E-state index is 11.2. The van der Waals surface area contributed by atoms with Crippen molar-refractivity contribution in [2.45, 2.75) is 24.0 Å². The van der Waals surface area contributed by atoms with Crippen LogP contribution in [-0.2, 0) is 4.79 Å². The molecule has 70 valence electrons. The van der Waals surface area contributed by atoms with E-state index >= 15 is 0 Å². The molecule has 1 aromatic heterocycles. The molecule has 0 radical (unpaired) electrons. The third-order valence-corrected chi connectivity index (χ3v) is 2.55. The van der Waals surface area contributed by atoms with E-state index in [-0.39, 0.29) is 5.91 Å². The van der Waals surface area contributed by atoms with E-state index in [1.54, 1.807) is 0 Å². The minimum Gasteiger partial charge on any atom is -0.353 e. The van der Waals surface area contributed by atoms with Crippen LogP contribution in [0.1, 0.15) is 12.8 Å². The molecule has 1 amide bonds. The molecule has 1 fully saturated rings. The van der Waals surface area contributed by atoms with Crippen LogP contribution in [0.5, 0.6) is 0 Å². The van der Waals surface area contributed by atoms with Gasteiger partial charge in [0, 0.05) is 6.04 Å². The summed E-state index contributed by atoms with van der Waals surface area (Å²) in [4.78, 5) is 15.1. The highest BCUT2D eigenvalue weighted by atomic mass is 32.2. The van der Waals surface area contributed by atoms with Crippen LogP contribution in [0.2, 0.25) is 0 Å². The third-order valence-electron chi connectivity index (χ3n) is 1.68. The van der Waals surface area contributed by atoms with Crippen LogP contribution in [0.3, 0.4) is 0 Å². The monoisotopic (exact) mass is 198 g/mol. The maximum atomic E-state index is 11.2. The van der Waals surface area contributed by atoms with E-state index in [0.717, 1.165) is 12.8 Å².